The lowest BCUT2D eigenvalue weighted by molar-refractivity contribution is -0.141. The number of hydrogen-bond donors (Lipinski definition) is 2. The Morgan fingerprint density at radius 3 is 2.04 bits per heavy atom. The third-order valence-corrected chi connectivity index (χ3v) is 4.49. The smallest absolute Gasteiger partial charge is 0.433 e. The van der Waals surface area contributed by atoms with E-state index in [1.807, 2.05) is 39.8 Å². The number of nitrogens with zero attached hydrogens (tertiary/aromatic N) is 1. The fourth-order valence-corrected chi connectivity index (χ4v) is 3.09. The first-order valence-electron chi connectivity index (χ1n) is 9.28. The Balaban J connectivity index is 2.62. The molecule has 2 N–H and O–H groups in total. The summed E-state index contributed by atoms with van der Waals surface area (Å²) in [5.41, 5.74) is 1.30. The van der Waals surface area contributed by atoms with E-state index >= 15 is 0 Å². The quantitative estimate of drug-likeness (QED) is 0.650. The minimum absolute atomic E-state index is 0.0545. The van der Waals surface area contributed by atoms with Gasteiger partial charge in [0.2, 0.25) is 0 Å². The molecule has 3 nitrogen and oxygen atoms in total. The van der Waals surface area contributed by atoms with Gasteiger partial charge in [-0.25, -0.2) is 0 Å². The number of rotatable bonds is 3. The van der Waals surface area contributed by atoms with Crippen LogP contribution in [-0.4, -0.2) is 15.6 Å². The number of aromatic nitrogens is 1. The fraction of sp³-hybridized carbons (Fsp3) is 0.500. The van der Waals surface area contributed by atoms with Crippen molar-refractivity contribution in [2.75, 3.05) is 0 Å². The van der Waals surface area contributed by atoms with Crippen molar-refractivity contribution in [3.8, 4) is 16.9 Å². The zero-order chi connectivity index (χ0) is 21.5. The Bertz CT molecular complexity index is 829. The van der Waals surface area contributed by atoms with Crippen molar-refractivity contribution in [2.45, 2.75) is 71.6 Å². The average Bonchev–Trinajstić information content (AvgIpc) is 2.51. The van der Waals surface area contributed by atoms with E-state index in [4.69, 9.17) is 0 Å². The predicted molar refractivity (Wildman–Crippen MR) is 106 cm³/mol. The van der Waals surface area contributed by atoms with Crippen molar-refractivity contribution in [3.05, 3.63) is 47.3 Å². The van der Waals surface area contributed by atoms with Crippen LogP contribution in [0.1, 0.15) is 71.3 Å². The Hall–Kier alpha value is -2.08. The summed E-state index contributed by atoms with van der Waals surface area (Å²) in [6, 6.07) is 5.92. The maximum Gasteiger partial charge on any atom is 0.433 e. The van der Waals surface area contributed by atoms with E-state index in [0.29, 0.717) is 16.7 Å². The van der Waals surface area contributed by atoms with Gasteiger partial charge in [-0.3, -0.25) is 4.98 Å². The first-order valence-corrected chi connectivity index (χ1v) is 9.28. The van der Waals surface area contributed by atoms with Crippen molar-refractivity contribution in [1.82, 2.24) is 10.3 Å². The van der Waals surface area contributed by atoms with Crippen molar-refractivity contribution >= 4 is 0 Å². The van der Waals surface area contributed by atoms with Crippen LogP contribution < -0.4 is 5.32 Å². The van der Waals surface area contributed by atoms with E-state index in [1.165, 1.54) is 6.07 Å². The molecule has 1 atom stereocenters. The predicted octanol–water partition coefficient (Wildman–Crippen LogP) is 6.22. The average molecular weight is 394 g/mol. The van der Waals surface area contributed by atoms with Gasteiger partial charge in [-0.2, -0.15) is 13.2 Å². The van der Waals surface area contributed by atoms with Crippen LogP contribution in [0.5, 0.6) is 5.75 Å². The molecule has 2 rings (SSSR count). The molecule has 28 heavy (non-hydrogen) atoms. The highest BCUT2D eigenvalue weighted by Crippen LogP contribution is 2.40. The maximum absolute atomic E-state index is 12.8. The number of aromatic hydroxyl groups is 1. The first-order chi connectivity index (χ1) is 12.6. The van der Waals surface area contributed by atoms with Gasteiger partial charge in [0.15, 0.2) is 0 Å². The van der Waals surface area contributed by atoms with Gasteiger partial charge in [0.1, 0.15) is 11.4 Å². The summed E-state index contributed by atoms with van der Waals surface area (Å²) in [6.45, 7) is 14.2. The molecule has 0 aliphatic rings. The highest BCUT2D eigenvalue weighted by molar-refractivity contribution is 5.73. The molecule has 0 aliphatic carbocycles. The number of pyridine rings is 1. The number of phenols is 1. The zero-order valence-electron chi connectivity index (χ0n) is 17.5. The molecule has 0 amide bonds. The molecule has 154 valence electrons. The molecule has 1 unspecified atom stereocenters. The van der Waals surface area contributed by atoms with Gasteiger partial charge in [-0.1, -0.05) is 26.8 Å². The van der Waals surface area contributed by atoms with Crippen LogP contribution in [0.15, 0.2) is 30.5 Å². The fourth-order valence-electron chi connectivity index (χ4n) is 3.09. The van der Waals surface area contributed by atoms with Gasteiger partial charge in [0, 0.05) is 34.5 Å². The molecule has 0 radical (unpaired) electrons. The van der Waals surface area contributed by atoms with E-state index in [0.717, 1.165) is 17.8 Å². The van der Waals surface area contributed by atoms with Gasteiger partial charge in [0.25, 0.3) is 0 Å². The van der Waals surface area contributed by atoms with Crippen molar-refractivity contribution in [3.63, 3.8) is 0 Å². The molecule has 1 heterocycles. The number of phenolic OH excluding ortho intramolecular Hbond substituents is 1. The SMILES string of the molecule is CC(NC(C)(C)C)c1cc(C(C)(C)C)cc(-c2ccc(C(F)(F)F)nc2)c1O. The second-order valence-corrected chi connectivity index (χ2v) is 9.26. The summed E-state index contributed by atoms with van der Waals surface area (Å²) in [7, 11) is 0. The van der Waals surface area contributed by atoms with Crippen LogP contribution >= 0.6 is 0 Å². The lowest BCUT2D eigenvalue weighted by Crippen LogP contribution is -2.37. The van der Waals surface area contributed by atoms with E-state index in [1.54, 1.807) is 0 Å². The van der Waals surface area contributed by atoms with Gasteiger partial charge >= 0.3 is 6.18 Å². The first kappa shape index (κ1) is 22.2. The molecule has 1 aromatic carbocycles. The lowest BCUT2D eigenvalue weighted by atomic mass is 9.82. The van der Waals surface area contributed by atoms with Gasteiger partial charge in [0.05, 0.1) is 0 Å². The monoisotopic (exact) mass is 394 g/mol. The third-order valence-electron chi connectivity index (χ3n) is 4.49. The summed E-state index contributed by atoms with van der Waals surface area (Å²) < 4.78 is 38.5. The summed E-state index contributed by atoms with van der Waals surface area (Å²) >= 11 is 0. The highest BCUT2D eigenvalue weighted by atomic mass is 19.4. The van der Waals surface area contributed by atoms with Crippen LogP contribution in [0, 0.1) is 0 Å². The summed E-state index contributed by atoms with van der Waals surface area (Å²) in [5.74, 6) is 0.0545. The van der Waals surface area contributed by atoms with E-state index in [2.05, 4.69) is 31.1 Å². The standard InChI is InChI=1S/C22H29F3N2O/c1-13(27-21(5,6)7)16-10-15(20(2,3)4)11-17(19(16)28)14-8-9-18(26-12-14)22(23,24)25/h8-13,27-28H,1-7H3. The number of halogens is 3. The van der Waals surface area contributed by atoms with E-state index in [9.17, 15) is 18.3 Å². The minimum atomic E-state index is -4.50. The second kappa shape index (κ2) is 7.39. The molecule has 0 aliphatic heterocycles. The van der Waals surface area contributed by atoms with Crippen LogP contribution in [0.3, 0.4) is 0 Å². The Labute approximate surface area is 165 Å². The normalized spacial score (nSPS) is 14.2. The minimum Gasteiger partial charge on any atom is -0.507 e. The summed E-state index contributed by atoms with van der Waals surface area (Å²) in [4.78, 5) is 3.54. The molecule has 6 heteroatoms. The molecule has 0 spiro atoms. The second-order valence-electron chi connectivity index (χ2n) is 9.26. The van der Waals surface area contributed by atoms with Crippen molar-refractivity contribution in [2.24, 2.45) is 0 Å². The van der Waals surface area contributed by atoms with E-state index in [-0.39, 0.29) is 22.7 Å². The lowest BCUT2D eigenvalue weighted by Gasteiger charge is -2.29. The molecule has 2 aromatic rings. The van der Waals surface area contributed by atoms with Crippen molar-refractivity contribution < 1.29 is 18.3 Å². The molecular weight excluding hydrogens is 365 g/mol. The molecule has 0 saturated carbocycles. The highest BCUT2D eigenvalue weighted by Gasteiger charge is 2.32. The molecule has 0 fully saturated rings. The molecule has 0 bridgehead atoms. The van der Waals surface area contributed by atoms with Gasteiger partial charge in [-0.15, -0.1) is 0 Å². The number of nitrogens with one attached hydrogen (secondary N) is 1. The Kier molecular flexibility index (Phi) is 5.86. The molecule has 0 saturated heterocycles. The Morgan fingerprint density at radius 1 is 1.00 bits per heavy atom. The molecular formula is C22H29F3N2O. The Morgan fingerprint density at radius 2 is 1.61 bits per heavy atom. The summed E-state index contributed by atoms with van der Waals surface area (Å²) in [6.07, 6.45) is -3.33. The van der Waals surface area contributed by atoms with Crippen LogP contribution in [0.25, 0.3) is 11.1 Å². The maximum atomic E-state index is 12.8. The zero-order valence-corrected chi connectivity index (χ0v) is 17.5. The van der Waals surface area contributed by atoms with Gasteiger partial charge in [-0.05, 0) is 56.9 Å². The number of benzene rings is 1. The largest absolute Gasteiger partial charge is 0.507 e. The number of alkyl halides is 3. The third kappa shape index (κ3) is 5.25. The molecule has 1 aromatic heterocycles. The van der Waals surface area contributed by atoms with Gasteiger partial charge < -0.3 is 10.4 Å². The topological polar surface area (TPSA) is 45.2 Å². The number of hydrogen-bond acceptors (Lipinski definition) is 3. The van der Waals surface area contributed by atoms with Crippen LogP contribution in [-0.2, 0) is 11.6 Å². The van der Waals surface area contributed by atoms with E-state index < -0.39 is 11.9 Å². The van der Waals surface area contributed by atoms with Crippen LogP contribution in [0.2, 0.25) is 0 Å². The van der Waals surface area contributed by atoms with Crippen LogP contribution in [0.4, 0.5) is 13.2 Å². The van der Waals surface area contributed by atoms with Crippen molar-refractivity contribution in [1.29, 1.82) is 0 Å². The summed E-state index contributed by atoms with van der Waals surface area (Å²) in [5, 5.41) is 14.4.